The number of hydrogen-bond donors (Lipinski definition) is 0. The first-order chi connectivity index (χ1) is 15.3. The Balaban J connectivity index is 1.28. The van der Waals surface area contributed by atoms with Gasteiger partial charge in [-0.25, -0.2) is 0 Å². The molecule has 2 aliphatic heterocycles. The maximum Gasteiger partial charge on any atom is 0.124 e. The maximum atomic E-state index is 7.38. The van der Waals surface area contributed by atoms with Crippen LogP contribution < -0.4 is 0 Å². The van der Waals surface area contributed by atoms with Crippen LogP contribution in [0, 0.1) is 28.6 Å². The van der Waals surface area contributed by atoms with Crippen LogP contribution in [0.4, 0.5) is 0 Å². The average molecular weight is 443 g/mol. The summed E-state index contributed by atoms with van der Waals surface area (Å²) >= 11 is 0. The van der Waals surface area contributed by atoms with Crippen LogP contribution in [0.25, 0.3) is 0 Å². The first kappa shape index (κ1) is 22.1. The Morgan fingerprint density at radius 2 is 1.72 bits per heavy atom. The van der Waals surface area contributed by atoms with Gasteiger partial charge in [-0.3, -0.25) is 4.90 Å². The van der Waals surface area contributed by atoms with Crippen LogP contribution in [-0.2, 0) is 9.47 Å². The zero-order valence-corrected chi connectivity index (χ0v) is 21.3. The fraction of sp³-hybridized carbons (Fsp3) is 0.929. The van der Waals surface area contributed by atoms with Crippen molar-refractivity contribution in [3.05, 3.63) is 11.6 Å². The topological polar surface area (TPSA) is 24.9 Å². The highest BCUT2D eigenvalue weighted by Gasteiger charge is 2.69. The van der Waals surface area contributed by atoms with Gasteiger partial charge in [0.05, 0.1) is 11.7 Å². The van der Waals surface area contributed by atoms with E-state index in [1.54, 1.807) is 5.57 Å². The molecule has 180 valence electrons. The highest BCUT2D eigenvalue weighted by Crippen LogP contribution is 2.69. The normalized spacial score (nSPS) is 50.8. The van der Waals surface area contributed by atoms with Gasteiger partial charge in [0.1, 0.15) is 5.72 Å². The molecule has 0 N–H and O–H groups in total. The number of piperidine rings is 1. The third kappa shape index (κ3) is 2.82. The van der Waals surface area contributed by atoms with Crippen LogP contribution in [0.5, 0.6) is 0 Å². The number of likely N-dealkylation sites (N-methyl/N-ethyl adjacent to an activating group) is 1. The van der Waals surface area contributed by atoms with Gasteiger partial charge in [-0.1, -0.05) is 25.5 Å². The monoisotopic (exact) mass is 442 g/mol. The first-order valence-corrected chi connectivity index (χ1v) is 13.6. The molecule has 0 bridgehead atoms. The van der Waals surface area contributed by atoms with Crippen molar-refractivity contribution in [2.45, 2.75) is 95.5 Å². The van der Waals surface area contributed by atoms with Gasteiger partial charge < -0.3 is 14.4 Å². The van der Waals surface area contributed by atoms with Crippen LogP contribution in [0.15, 0.2) is 11.6 Å². The number of hydrogen-bond acceptors (Lipinski definition) is 4. The molecule has 7 atom stereocenters. The largest absolute Gasteiger partial charge is 0.381 e. The van der Waals surface area contributed by atoms with E-state index in [0.29, 0.717) is 16.9 Å². The second-order valence-electron chi connectivity index (χ2n) is 13.1. The number of methoxy groups -OCH3 is 1. The van der Waals surface area contributed by atoms with E-state index in [4.69, 9.17) is 9.47 Å². The van der Waals surface area contributed by atoms with Crippen molar-refractivity contribution in [2.75, 3.05) is 40.8 Å². The van der Waals surface area contributed by atoms with Crippen molar-refractivity contribution in [3.63, 3.8) is 0 Å². The quantitative estimate of drug-likeness (QED) is 0.528. The van der Waals surface area contributed by atoms with Crippen molar-refractivity contribution in [1.82, 2.24) is 9.80 Å². The van der Waals surface area contributed by atoms with Crippen LogP contribution in [0.1, 0.15) is 78.1 Å². The van der Waals surface area contributed by atoms with Crippen LogP contribution in [0.2, 0.25) is 0 Å². The summed E-state index contributed by atoms with van der Waals surface area (Å²) in [4.78, 5) is 5.11. The molecule has 2 saturated heterocycles. The number of rotatable bonds is 1. The predicted octanol–water partition coefficient (Wildman–Crippen LogP) is 5.09. The summed E-state index contributed by atoms with van der Waals surface area (Å²) in [5.41, 5.74) is 2.55. The summed E-state index contributed by atoms with van der Waals surface area (Å²) in [7, 11) is 6.52. The highest BCUT2D eigenvalue weighted by molar-refractivity contribution is 5.27. The number of ether oxygens (including phenoxy) is 2. The Bertz CT molecular complexity index is 788. The van der Waals surface area contributed by atoms with E-state index in [-0.39, 0.29) is 11.3 Å². The molecule has 5 fully saturated rings. The summed E-state index contributed by atoms with van der Waals surface area (Å²) in [5, 5.41) is 0. The lowest BCUT2D eigenvalue weighted by atomic mass is 9.47. The maximum absolute atomic E-state index is 7.38. The molecule has 0 unspecified atom stereocenters. The summed E-state index contributed by atoms with van der Waals surface area (Å²) in [6, 6.07) is 0. The van der Waals surface area contributed by atoms with Crippen molar-refractivity contribution >= 4 is 0 Å². The highest BCUT2D eigenvalue weighted by atomic mass is 16.6. The second-order valence-corrected chi connectivity index (χ2v) is 13.1. The van der Waals surface area contributed by atoms with Crippen molar-refractivity contribution in [2.24, 2.45) is 28.6 Å². The molecule has 0 radical (unpaired) electrons. The molecule has 6 aliphatic rings. The first-order valence-electron chi connectivity index (χ1n) is 13.6. The number of fused-ring (bicyclic) bond motifs is 6. The molecule has 3 saturated carbocycles. The Labute approximate surface area is 196 Å². The number of nitrogens with zero attached hydrogens (tertiary/aromatic N) is 2. The standard InChI is InChI=1S/C28H46N2O2/c1-25-11-8-21(31-5)18-20(25)6-7-22-23(25)9-12-26(2)24(22)10-13-27(26)19-30(4)28(32-27)14-16-29(3)17-15-28/h6,21-24H,7-19H2,1-5H3/t21-,22+,23+,24+,25+,26+,27+/m1/s1. The van der Waals surface area contributed by atoms with Crippen LogP contribution >= 0.6 is 0 Å². The van der Waals surface area contributed by atoms with Crippen molar-refractivity contribution in [3.8, 4) is 0 Å². The molecule has 0 amide bonds. The summed E-state index contributed by atoms with van der Waals surface area (Å²) < 4.78 is 13.2. The molecule has 0 aromatic carbocycles. The Morgan fingerprint density at radius 3 is 2.47 bits per heavy atom. The van der Waals surface area contributed by atoms with E-state index in [2.05, 4.69) is 43.8 Å². The Morgan fingerprint density at radius 1 is 0.969 bits per heavy atom. The molecule has 2 spiro atoms. The molecule has 4 aliphatic carbocycles. The van der Waals surface area contributed by atoms with Gasteiger partial charge in [-0.05, 0) is 88.6 Å². The second kappa shape index (κ2) is 7.29. The number of likely N-dealkylation sites (tertiary alicyclic amines) is 1. The summed E-state index contributed by atoms with van der Waals surface area (Å²) in [5.74, 6) is 2.54. The van der Waals surface area contributed by atoms with Gasteiger partial charge in [-0.2, -0.15) is 0 Å². The Hall–Kier alpha value is -0.420. The van der Waals surface area contributed by atoms with Crippen molar-refractivity contribution in [1.29, 1.82) is 0 Å². The summed E-state index contributed by atoms with van der Waals surface area (Å²) in [6.07, 6.45) is 15.9. The fourth-order valence-electron chi connectivity index (χ4n) is 9.80. The predicted molar refractivity (Wildman–Crippen MR) is 128 cm³/mol. The lowest BCUT2D eigenvalue weighted by Gasteiger charge is -2.59. The van der Waals surface area contributed by atoms with E-state index < -0.39 is 0 Å². The van der Waals surface area contributed by atoms with E-state index >= 15 is 0 Å². The van der Waals surface area contributed by atoms with E-state index in [0.717, 1.165) is 24.3 Å². The van der Waals surface area contributed by atoms with Gasteiger partial charge in [-0.15, -0.1) is 0 Å². The number of allylic oxidation sites excluding steroid dienone is 1. The lowest BCUT2D eigenvalue weighted by molar-refractivity contribution is -0.203. The molecule has 32 heavy (non-hydrogen) atoms. The van der Waals surface area contributed by atoms with E-state index in [9.17, 15) is 0 Å². The smallest absolute Gasteiger partial charge is 0.124 e. The fourth-order valence-corrected chi connectivity index (χ4v) is 9.80. The molecule has 6 rings (SSSR count). The average Bonchev–Trinajstić information content (AvgIpc) is 3.22. The molecule has 0 aromatic heterocycles. The van der Waals surface area contributed by atoms with Crippen LogP contribution in [-0.4, -0.2) is 68.1 Å². The minimum Gasteiger partial charge on any atom is -0.381 e. The third-order valence-electron chi connectivity index (χ3n) is 12.0. The summed E-state index contributed by atoms with van der Waals surface area (Å²) in [6.45, 7) is 8.74. The van der Waals surface area contributed by atoms with Gasteiger partial charge >= 0.3 is 0 Å². The van der Waals surface area contributed by atoms with Gasteiger partial charge in [0.15, 0.2) is 0 Å². The zero-order chi connectivity index (χ0) is 22.4. The molecule has 4 heteroatoms. The van der Waals surface area contributed by atoms with E-state index in [1.165, 1.54) is 77.3 Å². The Kier molecular flexibility index (Phi) is 5.03. The molecular formula is C28H46N2O2. The van der Waals surface area contributed by atoms with Crippen molar-refractivity contribution < 1.29 is 9.47 Å². The zero-order valence-electron chi connectivity index (χ0n) is 21.3. The van der Waals surface area contributed by atoms with E-state index in [1.807, 2.05) is 7.11 Å². The minimum atomic E-state index is -0.00852. The van der Waals surface area contributed by atoms with Gasteiger partial charge in [0.25, 0.3) is 0 Å². The third-order valence-corrected chi connectivity index (χ3v) is 12.0. The lowest BCUT2D eigenvalue weighted by Crippen LogP contribution is -2.56. The van der Waals surface area contributed by atoms with Crippen LogP contribution in [0.3, 0.4) is 0 Å². The SMILES string of the molecule is CO[C@@H]1CC[C@@]2(C)C(=CC[C@H]3[C@@H]2CC[C@@]2(C)[C@H]3CC[C@]23CN(C)C2(CCN(C)CC2)O3)C1. The van der Waals surface area contributed by atoms with Gasteiger partial charge in [0, 0.05) is 45.0 Å². The molecule has 2 heterocycles. The van der Waals surface area contributed by atoms with Gasteiger partial charge in [0.2, 0.25) is 0 Å². The molecular weight excluding hydrogens is 396 g/mol. The minimum absolute atomic E-state index is 0.00852. The molecule has 4 nitrogen and oxygen atoms in total. The molecule has 0 aromatic rings.